The Morgan fingerprint density at radius 1 is 1.17 bits per heavy atom. The molecule has 3 heteroatoms. The largest absolute Gasteiger partial charge is 0.355 e. The molecule has 2 aromatic carbocycles. The molecular weight excluding hydrogens is 224 g/mol. The maximum atomic E-state index is 11.6. The van der Waals surface area contributed by atoms with E-state index >= 15 is 0 Å². The van der Waals surface area contributed by atoms with Crippen LogP contribution >= 0.6 is 0 Å². The summed E-state index contributed by atoms with van der Waals surface area (Å²) in [5, 5.41) is 13.4. The van der Waals surface area contributed by atoms with Crippen molar-refractivity contribution in [2.75, 3.05) is 6.54 Å². The number of amides is 1. The molecule has 3 nitrogen and oxygen atoms in total. The summed E-state index contributed by atoms with van der Waals surface area (Å²) < 4.78 is 0. The molecule has 0 heterocycles. The molecule has 0 saturated heterocycles. The lowest BCUT2D eigenvalue weighted by Crippen LogP contribution is -2.25. The van der Waals surface area contributed by atoms with Gasteiger partial charge < -0.3 is 5.32 Å². The molecule has 0 fully saturated rings. The fourth-order valence-electron chi connectivity index (χ4n) is 1.85. The quantitative estimate of drug-likeness (QED) is 0.831. The Hall–Kier alpha value is -2.34. The Morgan fingerprint density at radius 3 is 2.72 bits per heavy atom. The Bertz CT molecular complexity index is 599. The molecule has 0 spiro atoms. The first-order valence-electron chi connectivity index (χ1n) is 5.91. The van der Waals surface area contributed by atoms with Gasteiger partial charge in [-0.1, -0.05) is 42.5 Å². The van der Waals surface area contributed by atoms with Crippen molar-refractivity contribution in [3.05, 3.63) is 48.0 Å². The fraction of sp³-hybridized carbons (Fsp3) is 0.200. The third-order valence-corrected chi connectivity index (χ3v) is 2.74. The lowest BCUT2D eigenvalue weighted by molar-refractivity contribution is -0.120. The maximum absolute atomic E-state index is 11.6. The summed E-state index contributed by atoms with van der Waals surface area (Å²) in [6.07, 6.45) is 0.708. The van der Waals surface area contributed by atoms with Crippen LogP contribution in [0, 0.1) is 11.3 Å². The third kappa shape index (κ3) is 3.08. The monoisotopic (exact) mass is 238 g/mol. The van der Waals surface area contributed by atoms with Crippen LogP contribution in [0.3, 0.4) is 0 Å². The molecule has 0 aromatic heterocycles. The summed E-state index contributed by atoms with van der Waals surface area (Å²) in [6, 6.07) is 16.1. The molecule has 90 valence electrons. The number of hydrogen-bond donors (Lipinski definition) is 1. The van der Waals surface area contributed by atoms with Crippen LogP contribution in [-0.4, -0.2) is 12.5 Å². The SMILES string of the molecule is N#CCCNC(=O)Cc1ccc2ccccc2c1. The van der Waals surface area contributed by atoms with E-state index in [4.69, 9.17) is 5.26 Å². The highest BCUT2D eigenvalue weighted by molar-refractivity contribution is 5.85. The lowest BCUT2D eigenvalue weighted by Gasteiger charge is -2.04. The van der Waals surface area contributed by atoms with Gasteiger partial charge >= 0.3 is 0 Å². The van der Waals surface area contributed by atoms with Gasteiger partial charge in [0, 0.05) is 6.54 Å². The van der Waals surface area contributed by atoms with Gasteiger partial charge in [0.2, 0.25) is 5.91 Å². The smallest absolute Gasteiger partial charge is 0.224 e. The number of fused-ring (bicyclic) bond motifs is 1. The summed E-state index contributed by atoms with van der Waals surface area (Å²) in [5.41, 5.74) is 0.989. The molecule has 2 rings (SSSR count). The van der Waals surface area contributed by atoms with E-state index in [-0.39, 0.29) is 5.91 Å². The van der Waals surface area contributed by atoms with Gasteiger partial charge in [0.05, 0.1) is 18.9 Å². The van der Waals surface area contributed by atoms with Crippen LogP contribution in [0.4, 0.5) is 0 Å². The molecule has 0 aliphatic carbocycles. The highest BCUT2D eigenvalue weighted by Gasteiger charge is 2.03. The number of nitrogens with zero attached hydrogens (tertiary/aromatic N) is 1. The molecule has 0 unspecified atom stereocenters. The van der Waals surface area contributed by atoms with Gasteiger partial charge in [-0.3, -0.25) is 4.79 Å². The second-order valence-electron chi connectivity index (χ2n) is 4.12. The maximum Gasteiger partial charge on any atom is 0.224 e. The zero-order chi connectivity index (χ0) is 12.8. The van der Waals surface area contributed by atoms with E-state index in [1.54, 1.807) is 0 Å². The van der Waals surface area contributed by atoms with Crippen LogP contribution in [0.15, 0.2) is 42.5 Å². The lowest BCUT2D eigenvalue weighted by atomic mass is 10.0. The minimum Gasteiger partial charge on any atom is -0.355 e. The molecule has 0 aliphatic heterocycles. The van der Waals surface area contributed by atoms with E-state index in [9.17, 15) is 4.79 Å². The zero-order valence-electron chi connectivity index (χ0n) is 10.0. The standard InChI is InChI=1S/C15H14N2O/c16-8-3-9-17-15(18)11-12-6-7-13-4-1-2-5-14(13)10-12/h1-2,4-7,10H,3,9,11H2,(H,17,18). The molecular formula is C15H14N2O. The summed E-state index contributed by atoms with van der Waals surface area (Å²) >= 11 is 0. The van der Waals surface area contributed by atoms with Crippen molar-refractivity contribution in [1.29, 1.82) is 5.26 Å². The Morgan fingerprint density at radius 2 is 1.94 bits per heavy atom. The minimum absolute atomic E-state index is 0.0412. The molecule has 0 atom stereocenters. The summed E-state index contributed by atoms with van der Waals surface area (Å²) in [6.45, 7) is 0.420. The average molecular weight is 238 g/mol. The van der Waals surface area contributed by atoms with Crippen molar-refractivity contribution in [3.63, 3.8) is 0 Å². The van der Waals surface area contributed by atoms with Crippen molar-refractivity contribution in [2.24, 2.45) is 0 Å². The Labute approximate surface area is 106 Å². The van der Waals surface area contributed by atoms with E-state index < -0.39 is 0 Å². The summed E-state index contributed by atoms with van der Waals surface area (Å²) in [4.78, 5) is 11.6. The third-order valence-electron chi connectivity index (χ3n) is 2.74. The normalized spacial score (nSPS) is 9.94. The van der Waals surface area contributed by atoms with Crippen LogP contribution in [0.2, 0.25) is 0 Å². The van der Waals surface area contributed by atoms with Gasteiger partial charge in [-0.05, 0) is 16.3 Å². The number of carbonyl (C=O) groups excluding carboxylic acids is 1. The van der Waals surface area contributed by atoms with Crippen LogP contribution in [-0.2, 0) is 11.2 Å². The van der Waals surface area contributed by atoms with Crippen molar-refractivity contribution >= 4 is 16.7 Å². The number of benzene rings is 2. The molecule has 1 amide bonds. The van der Waals surface area contributed by atoms with Gasteiger partial charge in [-0.2, -0.15) is 5.26 Å². The van der Waals surface area contributed by atoms with E-state index in [2.05, 4.69) is 5.32 Å². The molecule has 18 heavy (non-hydrogen) atoms. The predicted octanol–water partition coefficient (Wildman–Crippen LogP) is 2.41. The Kier molecular flexibility index (Phi) is 3.93. The van der Waals surface area contributed by atoms with E-state index in [0.29, 0.717) is 19.4 Å². The zero-order valence-corrected chi connectivity index (χ0v) is 10.0. The van der Waals surface area contributed by atoms with Crippen LogP contribution in [0.5, 0.6) is 0 Å². The number of rotatable bonds is 4. The molecule has 1 N–H and O–H groups in total. The molecule has 0 bridgehead atoms. The summed E-state index contributed by atoms with van der Waals surface area (Å²) in [7, 11) is 0. The van der Waals surface area contributed by atoms with Crippen molar-refractivity contribution < 1.29 is 4.79 Å². The highest BCUT2D eigenvalue weighted by Crippen LogP contribution is 2.15. The second kappa shape index (κ2) is 5.83. The van der Waals surface area contributed by atoms with E-state index in [1.807, 2.05) is 48.5 Å². The predicted molar refractivity (Wildman–Crippen MR) is 70.9 cm³/mol. The van der Waals surface area contributed by atoms with Crippen LogP contribution in [0.25, 0.3) is 10.8 Å². The topological polar surface area (TPSA) is 52.9 Å². The van der Waals surface area contributed by atoms with E-state index in [1.165, 1.54) is 5.39 Å². The van der Waals surface area contributed by atoms with Crippen LogP contribution < -0.4 is 5.32 Å². The minimum atomic E-state index is -0.0412. The molecule has 0 aliphatic rings. The first kappa shape index (κ1) is 12.1. The van der Waals surface area contributed by atoms with Gasteiger partial charge in [0.25, 0.3) is 0 Å². The van der Waals surface area contributed by atoms with Gasteiger partial charge in [0.1, 0.15) is 0 Å². The molecule has 0 radical (unpaired) electrons. The summed E-state index contributed by atoms with van der Waals surface area (Å²) in [5.74, 6) is -0.0412. The van der Waals surface area contributed by atoms with Gasteiger partial charge in [-0.15, -0.1) is 0 Å². The fourth-order valence-corrected chi connectivity index (χ4v) is 1.85. The van der Waals surface area contributed by atoms with Gasteiger partial charge in [-0.25, -0.2) is 0 Å². The van der Waals surface area contributed by atoms with Crippen molar-refractivity contribution in [1.82, 2.24) is 5.32 Å². The number of hydrogen-bond acceptors (Lipinski definition) is 2. The number of nitrogens with one attached hydrogen (secondary N) is 1. The number of nitriles is 1. The van der Waals surface area contributed by atoms with Gasteiger partial charge in [0.15, 0.2) is 0 Å². The highest BCUT2D eigenvalue weighted by atomic mass is 16.1. The first-order valence-corrected chi connectivity index (χ1v) is 5.91. The number of carbonyl (C=O) groups is 1. The van der Waals surface area contributed by atoms with Crippen molar-refractivity contribution in [3.8, 4) is 6.07 Å². The van der Waals surface area contributed by atoms with E-state index in [0.717, 1.165) is 10.9 Å². The van der Waals surface area contributed by atoms with Crippen molar-refractivity contribution in [2.45, 2.75) is 12.8 Å². The second-order valence-corrected chi connectivity index (χ2v) is 4.12. The first-order chi connectivity index (χ1) is 8.79. The molecule has 2 aromatic rings. The Balaban J connectivity index is 2.03. The average Bonchev–Trinajstić information content (AvgIpc) is 2.39. The molecule has 0 saturated carbocycles. The van der Waals surface area contributed by atoms with Crippen LogP contribution in [0.1, 0.15) is 12.0 Å².